The Bertz CT molecular complexity index is 458. The van der Waals surface area contributed by atoms with Gasteiger partial charge in [-0.05, 0) is 55.9 Å². The third-order valence-corrected chi connectivity index (χ3v) is 6.06. The molecular formula is C17H24FNOS. The van der Waals surface area contributed by atoms with Crippen molar-refractivity contribution in [3.63, 3.8) is 0 Å². The van der Waals surface area contributed by atoms with Crippen molar-refractivity contribution in [3.05, 3.63) is 30.1 Å². The molecule has 1 aliphatic heterocycles. The van der Waals surface area contributed by atoms with Crippen molar-refractivity contribution in [2.45, 2.75) is 55.1 Å². The van der Waals surface area contributed by atoms with Crippen LogP contribution in [0.4, 0.5) is 4.39 Å². The molecule has 1 spiro atoms. The Morgan fingerprint density at radius 1 is 1.29 bits per heavy atom. The molecule has 0 bridgehead atoms. The smallest absolute Gasteiger partial charge is 0.123 e. The van der Waals surface area contributed by atoms with Gasteiger partial charge in [0.15, 0.2) is 0 Å². The molecule has 2 atom stereocenters. The van der Waals surface area contributed by atoms with E-state index in [9.17, 15) is 4.39 Å². The fourth-order valence-corrected chi connectivity index (χ4v) is 4.64. The van der Waals surface area contributed by atoms with Crippen molar-refractivity contribution < 1.29 is 9.13 Å². The van der Waals surface area contributed by atoms with E-state index in [0.717, 1.165) is 30.1 Å². The summed E-state index contributed by atoms with van der Waals surface area (Å²) in [6.07, 6.45) is 7.21. The molecule has 2 aliphatic rings. The van der Waals surface area contributed by atoms with Crippen molar-refractivity contribution in [2.75, 3.05) is 12.4 Å². The van der Waals surface area contributed by atoms with Crippen molar-refractivity contribution in [2.24, 2.45) is 11.7 Å². The van der Waals surface area contributed by atoms with Crippen molar-refractivity contribution in [1.82, 2.24) is 0 Å². The zero-order chi connectivity index (χ0) is 14.7. The van der Waals surface area contributed by atoms with Crippen LogP contribution in [0.1, 0.15) is 38.5 Å². The van der Waals surface area contributed by atoms with Crippen molar-refractivity contribution >= 4 is 11.8 Å². The minimum Gasteiger partial charge on any atom is -0.375 e. The fourth-order valence-electron chi connectivity index (χ4n) is 3.66. The Hall–Kier alpha value is -0.580. The predicted octanol–water partition coefficient (Wildman–Crippen LogP) is 3.98. The van der Waals surface area contributed by atoms with Gasteiger partial charge < -0.3 is 10.5 Å². The Morgan fingerprint density at radius 3 is 2.71 bits per heavy atom. The van der Waals surface area contributed by atoms with E-state index in [-0.39, 0.29) is 17.5 Å². The van der Waals surface area contributed by atoms with E-state index in [1.54, 1.807) is 11.8 Å². The topological polar surface area (TPSA) is 35.2 Å². The van der Waals surface area contributed by atoms with E-state index in [1.807, 2.05) is 12.1 Å². The average Bonchev–Trinajstić information content (AvgIpc) is 2.94. The van der Waals surface area contributed by atoms with Crippen LogP contribution in [-0.2, 0) is 4.74 Å². The molecule has 2 unspecified atom stereocenters. The summed E-state index contributed by atoms with van der Waals surface area (Å²) in [7, 11) is 0. The van der Waals surface area contributed by atoms with Crippen molar-refractivity contribution in [3.8, 4) is 0 Å². The molecule has 21 heavy (non-hydrogen) atoms. The summed E-state index contributed by atoms with van der Waals surface area (Å²) in [5.41, 5.74) is 6.57. The van der Waals surface area contributed by atoms with E-state index < -0.39 is 0 Å². The normalized spacial score (nSPS) is 26.1. The van der Waals surface area contributed by atoms with Gasteiger partial charge in [0.25, 0.3) is 0 Å². The molecule has 0 amide bonds. The molecule has 1 saturated heterocycles. The number of rotatable bonds is 4. The van der Waals surface area contributed by atoms with Gasteiger partial charge in [-0.15, -0.1) is 11.8 Å². The summed E-state index contributed by atoms with van der Waals surface area (Å²) in [6.45, 7) is 0.861. The highest BCUT2D eigenvalue weighted by Crippen LogP contribution is 2.43. The van der Waals surface area contributed by atoms with Crippen molar-refractivity contribution in [1.29, 1.82) is 0 Å². The fraction of sp³-hybridized carbons (Fsp3) is 0.647. The Kier molecular flexibility index (Phi) is 4.87. The highest BCUT2D eigenvalue weighted by molar-refractivity contribution is 7.99. The number of benzene rings is 1. The van der Waals surface area contributed by atoms with Gasteiger partial charge in [-0.1, -0.05) is 12.8 Å². The highest BCUT2D eigenvalue weighted by Gasteiger charge is 2.41. The SMILES string of the molecule is NC(CSc1ccc(F)cc1)C1CCOC2(CCCC2)C1. The van der Waals surface area contributed by atoms with Gasteiger partial charge in [-0.3, -0.25) is 0 Å². The molecule has 2 fully saturated rings. The molecule has 1 aromatic rings. The maximum absolute atomic E-state index is 12.9. The predicted molar refractivity (Wildman–Crippen MR) is 85.0 cm³/mol. The van der Waals surface area contributed by atoms with Gasteiger partial charge in [0.1, 0.15) is 5.82 Å². The van der Waals surface area contributed by atoms with Crippen LogP contribution in [0.5, 0.6) is 0 Å². The first-order valence-corrected chi connectivity index (χ1v) is 8.93. The average molecular weight is 309 g/mol. The van der Waals surface area contributed by atoms with Gasteiger partial charge in [0.2, 0.25) is 0 Å². The molecule has 116 valence electrons. The lowest BCUT2D eigenvalue weighted by Crippen LogP contribution is -2.44. The number of ether oxygens (including phenoxy) is 1. The summed E-state index contributed by atoms with van der Waals surface area (Å²) in [5.74, 6) is 1.27. The van der Waals surface area contributed by atoms with Crippen LogP contribution in [-0.4, -0.2) is 24.0 Å². The number of hydrogen-bond acceptors (Lipinski definition) is 3. The van der Waals surface area contributed by atoms with Crippen LogP contribution >= 0.6 is 11.8 Å². The molecular weight excluding hydrogens is 285 g/mol. The standard InChI is InChI=1S/C17H24FNOS/c18-14-3-5-15(6-4-14)21-12-16(19)13-7-10-20-17(11-13)8-1-2-9-17/h3-6,13,16H,1-2,7-12,19H2. The van der Waals surface area contributed by atoms with Gasteiger partial charge in [-0.2, -0.15) is 0 Å². The van der Waals surface area contributed by atoms with Crippen LogP contribution in [0, 0.1) is 11.7 Å². The molecule has 1 heterocycles. The first kappa shape index (κ1) is 15.3. The van der Waals surface area contributed by atoms with Crippen LogP contribution in [0.25, 0.3) is 0 Å². The summed E-state index contributed by atoms with van der Waals surface area (Å²) in [4.78, 5) is 1.09. The second kappa shape index (κ2) is 6.67. The van der Waals surface area contributed by atoms with Crippen LogP contribution in [0.3, 0.4) is 0 Å². The maximum atomic E-state index is 12.9. The molecule has 2 nitrogen and oxygen atoms in total. The molecule has 1 aliphatic carbocycles. The lowest BCUT2D eigenvalue weighted by atomic mass is 9.81. The summed E-state index contributed by atoms with van der Waals surface area (Å²) in [5, 5.41) is 0. The summed E-state index contributed by atoms with van der Waals surface area (Å²) in [6, 6.07) is 6.87. The number of nitrogens with two attached hydrogens (primary N) is 1. The Labute approximate surface area is 130 Å². The lowest BCUT2D eigenvalue weighted by molar-refractivity contribution is -0.0951. The van der Waals surface area contributed by atoms with E-state index in [2.05, 4.69) is 0 Å². The van der Waals surface area contributed by atoms with Crippen LogP contribution in [0.15, 0.2) is 29.2 Å². The minimum atomic E-state index is -0.184. The summed E-state index contributed by atoms with van der Waals surface area (Å²) >= 11 is 1.73. The third-order valence-electron chi connectivity index (χ3n) is 4.91. The second-order valence-corrected chi connectivity index (χ2v) is 7.51. The molecule has 2 N–H and O–H groups in total. The Balaban J connectivity index is 1.52. The Morgan fingerprint density at radius 2 is 2.00 bits per heavy atom. The molecule has 0 aromatic heterocycles. The molecule has 1 aromatic carbocycles. The highest BCUT2D eigenvalue weighted by atomic mass is 32.2. The third kappa shape index (κ3) is 3.79. The molecule has 4 heteroatoms. The van der Waals surface area contributed by atoms with E-state index in [0.29, 0.717) is 5.92 Å². The number of hydrogen-bond donors (Lipinski definition) is 1. The van der Waals surface area contributed by atoms with E-state index in [4.69, 9.17) is 10.5 Å². The second-order valence-electron chi connectivity index (χ2n) is 6.42. The van der Waals surface area contributed by atoms with Gasteiger partial charge >= 0.3 is 0 Å². The summed E-state index contributed by atoms with van der Waals surface area (Å²) < 4.78 is 19.0. The maximum Gasteiger partial charge on any atom is 0.123 e. The molecule has 3 rings (SSSR count). The molecule has 1 saturated carbocycles. The van der Waals surface area contributed by atoms with Gasteiger partial charge in [-0.25, -0.2) is 4.39 Å². The van der Waals surface area contributed by atoms with E-state index in [1.165, 1.54) is 37.8 Å². The first-order chi connectivity index (χ1) is 10.2. The quantitative estimate of drug-likeness (QED) is 0.854. The number of thioether (sulfide) groups is 1. The lowest BCUT2D eigenvalue weighted by Gasteiger charge is -2.40. The monoisotopic (exact) mass is 309 g/mol. The van der Waals surface area contributed by atoms with Gasteiger partial charge in [0.05, 0.1) is 5.60 Å². The molecule has 0 radical (unpaired) electrons. The zero-order valence-corrected chi connectivity index (χ0v) is 13.2. The minimum absolute atomic E-state index is 0.140. The van der Waals surface area contributed by atoms with Gasteiger partial charge in [0, 0.05) is 23.3 Å². The first-order valence-electron chi connectivity index (χ1n) is 7.95. The number of halogens is 1. The largest absolute Gasteiger partial charge is 0.375 e. The zero-order valence-electron chi connectivity index (χ0n) is 12.4. The van der Waals surface area contributed by atoms with E-state index >= 15 is 0 Å². The van der Waals surface area contributed by atoms with Crippen LogP contribution < -0.4 is 5.73 Å². The van der Waals surface area contributed by atoms with Crippen LogP contribution in [0.2, 0.25) is 0 Å².